The minimum Gasteiger partial charge on any atom is -0.445 e. The second-order valence-electron chi connectivity index (χ2n) is 8.68. The lowest BCUT2D eigenvalue weighted by atomic mass is 10.2. The smallest absolute Gasteiger partial charge is 0.408 e. The van der Waals surface area contributed by atoms with Crippen molar-refractivity contribution in [2.45, 2.75) is 39.1 Å². The molecule has 3 amide bonds. The summed E-state index contributed by atoms with van der Waals surface area (Å²) in [6.07, 6.45) is -1.39. The average Bonchev–Trinajstić information content (AvgIpc) is 3.35. The molecule has 0 bridgehead atoms. The lowest BCUT2D eigenvalue weighted by Gasteiger charge is -2.13. The third-order valence-electron chi connectivity index (χ3n) is 5.62. The SMILES string of the molecule is C[C@H](NC(=O)OCc1ccccc1)C(=O)Nc1cc2cc([C@H](C)NC(=O)OCc3ccccc3)oc(=O)c2s1. The minimum absolute atomic E-state index is 0.0769. The van der Waals surface area contributed by atoms with Crippen LogP contribution in [0.15, 0.2) is 82.0 Å². The highest BCUT2D eigenvalue weighted by Crippen LogP contribution is 2.29. The number of thiophene rings is 1. The van der Waals surface area contributed by atoms with Crippen molar-refractivity contribution < 1.29 is 28.3 Å². The fourth-order valence-electron chi connectivity index (χ4n) is 3.53. The van der Waals surface area contributed by atoms with Crippen molar-refractivity contribution in [1.82, 2.24) is 10.6 Å². The number of alkyl carbamates (subject to hydrolysis) is 2. The molecule has 0 spiro atoms. The summed E-state index contributed by atoms with van der Waals surface area (Å²) >= 11 is 1.04. The number of hydrogen-bond donors (Lipinski definition) is 3. The zero-order valence-electron chi connectivity index (χ0n) is 21.3. The maximum Gasteiger partial charge on any atom is 0.408 e. The summed E-state index contributed by atoms with van der Waals surface area (Å²) in [5, 5.41) is 8.74. The van der Waals surface area contributed by atoms with Crippen molar-refractivity contribution in [3.8, 4) is 0 Å². The summed E-state index contributed by atoms with van der Waals surface area (Å²) in [7, 11) is 0. The number of amides is 3. The molecule has 2 atom stereocenters. The summed E-state index contributed by atoms with van der Waals surface area (Å²) < 4.78 is 16.1. The number of benzene rings is 2. The van der Waals surface area contributed by atoms with Gasteiger partial charge in [0.05, 0.1) is 11.0 Å². The predicted molar refractivity (Wildman–Crippen MR) is 146 cm³/mol. The summed E-state index contributed by atoms with van der Waals surface area (Å²) in [5.41, 5.74) is 1.06. The highest BCUT2D eigenvalue weighted by atomic mass is 32.1. The van der Waals surface area contributed by atoms with Crippen molar-refractivity contribution in [2.75, 3.05) is 5.32 Å². The topological polar surface area (TPSA) is 136 Å². The first-order valence-corrected chi connectivity index (χ1v) is 12.9. The maximum atomic E-state index is 12.6. The third-order valence-corrected chi connectivity index (χ3v) is 6.66. The van der Waals surface area contributed by atoms with E-state index >= 15 is 0 Å². The zero-order valence-corrected chi connectivity index (χ0v) is 22.1. The van der Waals surface area contributed by atoms with E-state index in [1.807, 2.05) is 60.7 Å². The first-order valence-electron chi connectivity index (χ1n) is 12.1. The van der Waals surface area contributed by atoms with Crippen molar-refractivity contribution in [3.63, 3.8) is 0 Å². The van der Waals surface area contributed by atoms with Gasteiger partial charge in [-0.3, -0.25) is 4.79 Å². The van der Waals surface area contributed by atoms with Crippen molar-refractivity contribution in [3.05, 3.63) is 100 Å². The van der Waals surface area contributed by atoms with Gasteiger partial charge in [-0.25, -0.2) is 14.4 Å². The van der Waals surface area contributed by atoms with Crippen LogP contribution in [0.1, 0.15) is 36.8 Å². The molecule has 2 heterocycles. The monoisotopic (exact) mass is 549 g/mol. The van der Waals surface area contributed by atoms with E-state index in [1.54, 1.807) is 19.1 Å². The van der Waals surface area contributed by atoms with Crippen LogP contribution in [0.5, 0.6) is 0 Å². The van der Waals surface area contributed by atoms with Crippen LogP contribution in [-0.2, 0) is 27.5 Å². The Balaban J connectivity index is 1.32. The molecule has 202 valence electrons. The number of rotatable bonds is 9. The van der Waals surface area contributed by atoms with Crippen molar-refractivity contribution in [2.24, 2.45) is 0 Å². The molecule has 2 aromatic carbocycles. The number of carbonyl (C=O) groups excluding carboxylic acids is 3. The molecule has 0 unspecified atom stereocenters. The van der Waals surface area contributed by atoms with Crippen molar-refractivity contribution in [1.29, 1.82) is 0 Å². The van der Waals surface area contributed by atoms with Gasteiger partial charge < -0.3 is 29.8 Å². The van der Waals surface area contributed by atoms with Crippen LogP contribution >= 0.6 is 11.3 Å². The Kier molecular flexibility index (Phi) is 8.95. The van der Waals surface area contributed by atoms with E-state index in [2.05, 4.69) is 16.0 Å². The Labute approximate surface area is 227 Å². The fourth-order valence-corrected chi connectivity index (χ4v) is 4.45. The first kappa shape index (κ1) is 27.4. The lowest BCUT2D eigenvalue weighted by molar-refractivity contribution is -0.117. The highest BCUT2D eigenvalue weighted by molar-refractivity contribution is 7.22. The lowest BCUT2D eigenvalue weighted by Crippen LogP contribution is -2.41. The van der Waals surface area contributed by atoms with Gasteiger partial charge in [-0.2, -0.15) is 0 Å². The van der Waals surface area contributed by atoms with Crippen LogP contribution in [-0.4, -0.2) is 24.1 Å². The summed E-state index contributed by atoms with van der Waals surface area (Å²) in [4.78, 5) is 49.4. The van der Waals surface area contributed by atoms with Gasteiger partial charge >= 0.3 is 17.8 Å². The molecule has 0 radical (unpaired) electrons. The van der Waals surface area contributed by atoms with Gasteiger partial charge in [0.15, 0.2) is 0 Å². The number of hydrogen-bond acceptors (Lipinski definition) is 8. The standard InChI is InChI=1S/C28H27N3O7S/c1-17(29-27(34)36-15-19-9-5-3-6-10-19)22-13-21-14-23(39-24(21)26(33)38-22)31-25(32)18(2)30-28(35)37-16-20-11-7-4-8-12-20/h3-14,17-18H,15-16H2,1-2H3,(H,29,34)(H,30,35)(H,31,32)/t17-,18-/m0/s1. The summed E-state index contributed by atoms with van der Waals surface area (Å²) in [6.45, 7) is 3.36. The number of fused-ring (bicyclic) bond motifs is 1. The number of ether oxygens (including phenoxy) is 2. The van der Waals surface area contributed by atoms with Crippen LogP contribution in [0.3, 0.4) is 0 Å². The molecule has 0 aliphatic rings. The van der Waals surface area contributed by atoms with Crippen LogP contribution < -0.4 is 21.6 Å². The molecule has 0 aliphatic heterocycles. The van der Waals surface area contributed by atoms with Gasteiger partial charge in [-0.1, -0.05) is 60.7 Å². The van der Waals surface area contributed by atoms with E-state index < -0.39 is 35.8 Å². The molecule has 0 saturated carbocycles. The van der Waals surface area contributed by atoms with Crippen LogP contribution in [0.4, 0.5) is 14.6 Å². The minimum atomic E-state index is -0.892. The van der Waals surface area contributed by atoms with E-state index in [-0.39, 0.29) is 19.0 Å². The Morgan fingerprint density at radius 3 is 2.00 bits per heavy atom. The van der Waals surface area contributed by atoms with Gasteiger partial charge in [0, 0.05) is 5.39 Å². The number of nitrogens with one attached hydrogen (secondary N) is 3. The molecule has 4 aromatic rings. The van der Waals surface area contributed by atoms with E-state index in [4.69, 9.17) is 13.9 Å². The van der Waals surface area contributed by atoms with Gasteiger partial charge in [0.1, 0.15) is 29.7 Å². The molecule has 2 aromatic heterocycles. The molecule has 4 rings (SSSR count). The number of carbonyl (C=O) groups is 3. The quantitative estimate of drug-likeness (QED) is 0.264. The first-order chi connectivity index (χ1) is 18.8. The molecule has 0 aliphatic carbocycles. The third kappa shape index (κ3) is 7.68. The molecule has 10 nitrogen and oxygen atoms in total. The zero-order chi connectivity index (χ0) is 27.8. The second-order valence-corrected chi connectivity index (χ2v) is 9.73. The Morgan fingerprint density at radius 2 is 1.41 bits per heavy atom. The van der Waals surface area contributed by atoms with E-state index in [0.29, 0.717) is 15.1 Å². The summed E-state index contributed by atoms with van der Waals surface area (Å²) in [6, 6.07) is 20.1. The Hall–Kier alpha value is -4.64. The molecular weight excluding hydrogens is 522 g/mol. The number of anilines is 1. The normalized spacial score (nSPS) is 12.3. The Morgan fingerprint density at radius 1 is 0.846 bits per heavy atom. The molecule has 39 heavy (non-hydrogen) atoms. The van der Waals surface area contributed by atoms with E-state index in [0.717, 1.165) is 22.5 Å². The van der Waals surface area contributed by atoms with Gasteiger partial charge in [0.25, 0.3) is 0 Å². The molecule has 0 fully saturated rings. The maximum absolute atomic E-state index is 12.6. The molecular formula is C28H27N3O7S. The largest absolute Gasteiger partial charge is 0.445 e. The van der Waals surface area contributed by atoms with Gasteiger partial charge in [-0.15, -0.1) is 11.3 Å². The van der Waals surface area contributed by atoms with Crippen molar-refractivity contribution >= 4 is 44.5 Å². The highest BCUT2D eigenvalue weighted by Gasteiger charge is 2.20. The molecule has 11 heteroatoms. The molecule has 0 saturated heterocycles. The second kappa shape index (κ2) is 12.7. The predicted octanol–water partition coefficient (Wildman–Crippen LogP) is 5.10. The molecule has 3 N–H and O–H groups in total. The van der Waals surface area contributed by atoms with Crippen LogP contribution in [0.25, 0.3) is 10.1 Å². The van der Waals surface area contributed by atoms with Gasteiger partial charge in [-0.05, 0) is 37.1 Å². The van der Waals surface area contributed by atoms with Crippen LogP contribution in [0.2, 0.25) is 0 Å². The van der Waals surface area contributed by atoms with Crippen LogP contribution in [0, 0.1) is 0 Å². The summed E-state index contributed by atoms with van der Waals surface area (Å²) in [5.74, 6) is -0.255. The van der Waals surface area contributed by atoms with Gasteiger partial charge in [0.2, 0.25) is 5.91 Å². The van der Waals surface area contributed by atoms with E-state index in [9.17, 15) is 19.2 Å². The Bertz CT molecular complexity index is 1500. The van der Waals surface area contributed by atoms with E-state index in [1.165, 1.54) is 6.92 Å². The fraction of sp³-hybridized carbons (Fsp3) is 0.214. The average molecular weight is 550 g/mol.